The number of benzene rings is 1. The van der Waals surface area contributed by atoms with Crippen molar-refractivity contribution in [2.45, 2.75) is 0 Å². The van der Waals surface area contributed by atoms with E-state index >= 15 is 0 Å². The van der Waals surface area contributed by atoms with Gasteiger partial charge in [0, 0.05) is 5.39 Å². The molecule has 0 unspecified atom stereocenters. The van der Waals surface area contributed by atoms with Crippen molar-refractivity contribution >= 4 is 16.9 Å². The van der Waals surface area contributed by atoms with Crippen LogP contribution in [0.15, 0.2) is 33.5 Å². The van der Waals surface area contributed by atoms with Crippen molar-refractivity contribution in [1.82, 2.24) is 0 Å². The third-order valence-electron chi connectivity index (χ3n) is 1.94. The van der Waals surface area contributed by atoms with Gasteiger partial charge in [-0.05, 0) is 12.1 Å². The predicted octanol–water partition coefficient (Wildman–Crippen LogP) is 0.565. The van der Waals surface area contributed by atoms with Crippen LogP contribution in [0.3, 0.4) is 0 Å². The van der Waals surface area contributed by atoms with Gasteiger partial charge in [0.25, 0.3) is 0 Å². The summed E-state index contributed by atoms with van der Waals surface area (Å²) in [6, 6.07) is 5.01. The van der Waals surface area contributed by atoms with Gasteiger partial charge in [0.15, 0.2) is 0 Å². The molecule has 1 aromatic carbocycles. The summed E-state index contributed by atoms with van der Waals surface area (Å²) in [5.41, 5.74) is -1.31. The fraction of sp³-hybridized carbons (Fsp3) is 0. The lowest BCUT2D eigenvalue weighted by Gasteiger charge is -2.05. The predicted molar refractivity (Wildman–Crippen MR) is 48.9 cm³/mol. The number of fused-ring (bicyclic) bond motifs is 1. The van der Waals surface area contributed by atoms with E-state index in [4.69, 9.17) is 9.52 Å². The van der Waals surface area contributed by atoms with E-state index in [2.05, 4.69) is 0 Å². The van der Waals surface area contributed by atoms with E-state index in [-0.39, 0.29) is 11.3 Å². The smallest absolute Gasteiger partial charge is 0.351 e. The summed E-state index contributed by atoms with van der Waals surface area (Å²) in [5, 5.41) is 20.0. The average molecular weight is 205 g/mol. The van der Waals surface area contributed by atoms with Crippen LogP contribution in [0.2, 0.25) is 0 Å². The van der Waals surface area contributed by atoms with Crippen molar-refractivity contribution in [1.29, 1.82) is 0 Å². The molecule has 0 bridgehead atoms. The van der Waals surface area contributed by atoms with E-state index in [1.165, 1.54) is 18.2 Å². The Balaban J connectivity index is 2.82. The second-order valence-electron chi connectivity index (χ2n) is 2.95. The molecule has 2 rings (SSSR count). The number of hydrogen-bond acceptors (Lipinski definition) is 4. The summed E-state index contributed by atoms with van der Waals surface area (Å²) in [6.45, 7) is 0. The zero-order chi connectivity index (χ0) is 11.0. The van der Waals surface area contributed by atoms with Crippen LogP contribution in [-0.2, 0) is 0 Å². The highest BCUT2D eigenvalue weighted by atomic mass is 16.4. The molecule has 1 N–H and O–H groups in total. The zero-order valence-corrected chi connectivity index (χ0v) is 7.39. The van der Waals surface area contributed by atoms with Crippen LogP contribution in [0.1, 0.15) is 10.4 Å². The van der Waals surface area contributed by atoms with E-state index in [0.717, 1.165) is 6.07 Å². The van der Waals surface area contributed by atoms with E-state index < -0.39 is 17.2 Å². The molecule has 1 aromatic heterocycles. The fourth-order valence-corrected chi connectivity index (χ4v) is 1.24. The topological polar surface area (TPSA) is 90.6 Å². The van der Waals surface area contributed by atoms with Crippen LogP contribution in [0, 0.1) is 0 Å². The monoisotopic (exact) mass is 205 g/mol. The minimum atomic E-state index is -1.35. The van der Waals surface area contributed by atoms with Crippen molar-refractivity contribution in [2.75, 3.05) is 0 Å². The number of aromatic carboxylic acids is 1. The van der Waals surface area contributed by atoms with Crippen LogP contribution in [0.5, 0.6) is 5.75 Å². The SMILES string of the molecule is O=C(O)c1cc2ccc([O-])cc2oc1=O. The molecule has 5 nitrogen and oxygen atoms in total. The normalized spacial score (nSPS) is 10.4. The summed E-state index contributed by atoms with van der Waals surface area (Å²) in [7, 11) is 0. The Labute approximate surface area is 83.2 Å². The van der Waals surface area contributed by atoms with Crippen LogP contribution in [-0.4, -0.2) is 11.1 Å². The Hall–Kier alpha value is -2.30. The second kappa shape index (κ2) is 3.13. The highest BCUT2D eigenvalue weighted by molar-refractivity contribution is 5.91. The summed E-state index contributed by atoms with van der Waals surface area (Å²) in [5.74, 6) is -1.65. The van der Waals surface area contributed by atoms with Crippen molar-refractivity contribution in [3.8, 4) is 5.75 Å². The second-order valence-corrected chi connectivity index (χ2v) is 2.95. The fourth-order valence-electron chi connectivity index (χ4n) is 1.24. The van der Waals surface area contributed by atoms with Gasteiger partial charge in [0.1, 0.15) is 11.1 Å². The third kappa shape index (κ3) is 1.54. The molecule has 1 heterocycles. The van der Waals surface area contributed by atoms with E-state index in [0.29, 0.717) is 5.39 Å². The molecule has 0 aliphatic carbocycles. The van der Waals surface area contributed by atoms with E-state index in [9.17, 15) is 14.7 Å². The lowest BCUT2D eigenvalue weighted by molar-refractivity contribution is -0.268. The molecule has 5 heteroatoms. The zero-order valence-electron chi connectivity index (χ0n) is 7.39. The molecular weight excluding hydrogens is 200 g/mol. The lowest BCUT2D eigenvalue weighted by atomic mass is 10.2. The van der Waals surface area contributed by atoms with Gasteiger partial charge in [-0.25, -0.2) is 9.59 Å². The van der Waals surface area contributed by atoms with Crippen LogP contribution < -0.4 is 10.7 Å². The summed E-state index contributed by atoms with van der Waals surface area (Å²) < 4.78 is 4.70. The molecule has 0 amide bonds. The number of hydrogen-bond donors (Lipinski definition) is 1. The number of carboxylic acid groups (broad SMARTS) is 1. The van der Waals surface area contributed by atoms with Gasteiger partial charge in [-0.3, -0.25) is 0 Å². The average Bonchev–Trinajstić information content (AvgIpc) is 2.15. The Morgan fingerprint density at radius 3 is 2.73 bits per heavy atom. The first-order valence-corrected chi connectivity index (χ1v) is 4.06. The first-order valence-electron chi connectivity index (χ1n) is 4.06. The first-order chi connectivity index (χ1) is 7.08. The number of carboxylic acids is 1. The molecule has 0 aliphatic rings. The molecule has 0 saturated heterocycles. The molecular formula is C10H5O5-. The van der Waals surface area contributed by atoms with Crippen molar-refractivity contribution < 1.29 is 19.4 Å². The number of rotatable bonds is 1. The molecule has 0 saturated carbocycles. The summed E-state index contributed by atoms with van der Waals surface area (Å²) in [6.07, 6.45) is 0. The largest absolute Gasteiger partial charge is 0.872 e. The van der Waals surface area contributed by atoms with Crippen molar-refractivity contribution in [3.63, 3.8) is 0 Å². The van der Waals surface area contributed by atoms with Gasteiger partial charge in [0.05, 0.1) is 0 Å². The summed E-state index contributed by atoms with van der Waals surface area (Å²) in [4.78, 5) is 21.7. The van der Waals surface area contributed by atoms with Gasteiger partial charge in [0.2, 0.25) is 0 Å². The van der Waals surface area contributed by atoms with Gasteiger partial charge in [-0.1, -0.05) is 12.1 Å². The molecule has 0 aliphatic heterocycles. The quantitative estimate of drug-likeness (QED) is 0.687. The molecule has 15 heavy (non-hydrogen) atoms. The van der Waals surface area contributed by atoms with E-state index in [1.807, 2.05) is 0 Å². The maximum atomic E-state index is 11.1. The highest BCUT2D eigenvalue weighted by Gasteiger charge is 2.11. The van der Waals surface area contributed by atoms with Crippen molar-refractivity contribution in [3.05, 3.63) is 40.2 Å². The molecule has 0 atom stereocenters. The standard InChI is InChI=1S/C10H6O5/c11-6-2-1-5-3-7(9(12)13)10(14)15-8(5)4-6/h1-4,11H,(H,12,13)/p-1. The van der Waals surface area contributed by atoms with Gasteiger partial charge >= 0.3 is 11.6 Å². The minimum absolute atomic E-state index is 0.0949. The van der Waals surface area contributed by atoms with Crippen LogP contribution >= 0.6 is 0 Å². The van der Waals surface area contributed by atoms with Gasteiger partial charge < -0.3 is 14.6 Å². The highest BCUT2D eigenvalue weighted by Crippen LogP contribution is 2.17. The summed E-state index contributed by atoms with van der Waals surface area (Å²) >= 11 is 0. The Morgan fingerprint density at radius 2 is 2.07 bits per heavy atom. The Morgan fingerprint density at radius 1 is 1.33 bits per heavy atom. The van der Waals surface area contributed by atoms with Gasteiger partial charge in [-0.2, -0.15) is 0 Å². The maximum absolute atomic E-state index is 11.1. The van der Waals surface area contributed by atoms with Gasteiger partial charge in [-0.15, -0.1) is 5.75 Å². The minimum Gasteiger partial charge on any atom is -0.872 e. The Kier molecular flexibility index (Phi) is 1.93. The molecule has 0 spiro atoms. The third-order valence-corrected chi connectivity index (χ3v) is 1.94. The Bertz CT molecular complexity index is 596. The molecule has 0 radical (unpaired) electrons. The van der Waals surface area contributed by atoms with Crippen LogP contribution in [0.4, 0.5) is 0 Å². The molecule has 0 fully saturated rings. The number of carbonyl (C=O) groups is 1. The maximum Gasteiger partial charge on any atom is 0.351 e. The lowest BCUT2D eigenvalue weighted by Crippen LogP contribution is -2.12. The van der Waals surface area contributed by atoms with Crippen molar-refractivity contribution in [2.24, 2.45) is 0 Å². The molecule has 2 aromatic rings. The first kappa shape index (κ1) is 9.26. The molecule has 76 valence electrons. The van der Waals surface area contributed by atoms with E-state index in [1.54, 1.807) is 0 Å². The van der Waals surface area contributed by atoms with Crippen LogP contribution in [0.25, 0.3) is 11.0 Å².